The Morgan fingerprint density at radius 2 is 1.80 bits per heavy atom. The SMILES string of the molecule is CC[C@@H](C)C[C@@H](C)CCO. The third-order valence-electron chi connectivity index (χ3n) is 2.12. The van der Waals surface area contributed by atoms with Gasteiger partial charge in [-0.2, -0.15) is 0 Å². The van der Waals surface area contributed by atoms with Crippen molar-refractivity contribution in [3.8, 4) is 0 Å². The maximum atomic E-state index is 8.62. The second-order valence-electron chi connectivity index (χ2n) is 3.37. The number of hydrogen-bond acceptors (Lipinski definition) is 1. The van der Waals surface area contributed by atoms with Gasteiger partial charge in [-0.25, -0.2) is 0 Å². The first-order valence-electron chi connectivity index (χ1n) is 4.31. The lowest BCUT2D eigenvalue weighted by Crippen LogP contribution is -2.03. The van der Waals surface area contributed by atoms with Crippen LogP contribution in [0.25, 0.3) is 0 Å². The summed E-state index contributed by atoms with van der Waals surface area (Å²) in [6, 6.07) is 0. The fourth-order valence-electron chi connectivity index (χ4n) is 1.19. The molecule has 1 N–H and O–H groups in total. The lowest BCUT2D eigenvalue weighted by atomic mass is 9.93. The van der Waals surface area contributed by atoms with Gasteiger partial charge in [-0.05, 0) is 24.7 Å². The molecule has 0 aromatic heterocycles. The predicted octanol–water partition coefficient (Wildman–Crippen LogP) is 2.44. The lowest BCUT2D eigenvalue weighted by Gasteiger charge is -2.13. The molecule has 0 aliphatic carbocycles. The first-order valence-corrected chi connectivity index (χ1v) is 4.31. The van der Waals surface area contributed by atoms with Gasteiger partial charge >= 0.3 is 0 Å². The second kappa shape index (κ2) is 5.72. The van der Waals surface area contributed by atoms with Gasteiger partial charge in [0.05, 0.1) is 0 Å². The Bertz CT molecular complexity index is 71.1. The van der Waals surface area contributed by atoms with Crippen molar-refractivity contribution in [2.45, 2.75) is 40.0 Å². The van der Waals surface area contributed by atoms with Crippen LogP contribution in [0.2, 0.25) is 0 Å². The van der Waals surface area contributed by atoms with Crippen molar-refractivity contribution in [1.82, 2.24) is 0 Å². The second-order valence-corrected chi connectivity index (χ2v) is 3.37. The van der Waals surface area contributed by atoms with Crippen LogP contribution >= 0.6 is 0 Å². The highest BCUT2D eigenvalue weighted by Gasteiger charge is 2.05. The molecule has 0 aromatic rings. The molecule has 0 spiro atoms. The topological polar surface area (TPSA) is 20.2 Å². The average molecular weight is 144 g/mol. The molecule has 1 nitrogen and oxygen atoms in total. The van der Waals surface area contributed by atoms with E-state index in [0.717, 1.165) is 12.3 Å². The quantitative estimate of drug-likeness (QED) is 0.628. The van der Waals surface area contributed by atoms with Crippen molar-refractivity contribution in [1.29, 1.82) is 0 Å². The number of rotatable bonds is 5. The fraction of sp³-hybridized carbons (Fsp3) is 1.00. The first-order chi connectivity index (χ1) is 4.70. The van der Waals surface area contributed by atoms with Crippen molar-refractivity contribution < 1.29 is 5.11 Å². The predicted molar refractivity (Wildman–Crippen MR) is 44.9 cm³/mol. The van der Waals surface area contributed by atoms with Crippen LogP contribution in [-0.2, 0) is 0 Å². The molecule has 10 heavy (non-hydrogen) atoms. The molecule has 0 saturated heterocycles. The summed E-state index contributed by atoms with van der Waals surface area (Å²) in [5, 5.41) is 8.62. The van der Waals surface area contributed by atoms with Crippen LogP contribution in [-0.4, -0.2) is 11.7 Å². The Morgan fingerprint density at radius 1 is 1.20 bits per heavy atom. The van der Waals surface area contributed by atoms with Crippen LogP contribution in [0.3, 0.4) is 0 Å². The molecule has 1 heteroatoms. The van der Waals surface area contributed by atoms with Crippen LogP contribution in [0.15, 0.2) is 0 Å². The van der Waals surface area contributed by atoms with Crippen molar-refractivity contribution in [2.75, 3.05) is 6.61 Å². The van der Waals surface area contributed by atoms with Gasteiger partial charge in [0, 0.05) is 6.61 Å². The highest BCUT2D eigenvalue weighted by molar-refractivity contribution is 4.57. The number of aliphatic hydroxyl groups is 1. The Kier molecular flexibility index (Phi) is 5.70. The molecule has 0 amide bonds. The van der Waals surface area contributed by atoms with E-state index in [1.165, 1.54) is 12.8 Å². The summed E-state index contributed by atoms with van der Waals surface area (Å²) in [6.45, 7) is 7.05. The van der Waals surface area contributed by atoms with Crippen molar-refractivity contribution in [3.63, 3.8) is 0 Å². The summed E-state index contributed by atoms with van der Waals surface area (Å²) >= 11 is 0. The van der Waals surface area contributed by atoms with E-state index < -0.39 is 0 Å². The van der Waals surface area contributed by atoms with Crippen LogP contribution in [0.1, 0.15) is 40.0 Å². The average Bonchev–Trinajstić information content (AvgIpc) is 1.88. The summed E-state index contributed by atoms with van der Waals surface area (Å²) in [4.78, 5) is 0. The van der Waals surface area contributed by atoms with Gasteiger partial charge in [0.25, 0.3) is 0 Å². The van der Waals surface area contributed by atoms with E-state index in [9.17, 15) is 0 Å². The third kappa shape index (κ3) is 4.80. The minimum atomic E-state index is 0.345. The normalized spacial score (nSPS) is 16.8. The zero-order valence-corrected chi connectivity index (χ0v) is 7.43. The smallest absolute Gasteiger partial charge is 0.0433 e. The molecule has 0 aliphatic rings. The van der Waals surface area contributed by atoms with Crippen molar-refractivity contribution >= 4 is 0 Å². The zero-order chi connectivity index (χ0) is 7.98. The molecular formula is C9H20O. The van der Waals surface area contributed by atoms with Crippen LogP contribution < -0.4 is 0 Å². The van der Waals surface area contributed by atoms with Gasteiger partial charge in [-0.3, -0.25) is 0 Å². The van der Waals surface area contributed by atoms with E-state index in [0.29, 0.717) is 12.5 Å². The molecular weight excluding hydrogens is 124 g/mol. The molecule has 62 valence electrons. The highest BCUT2D eigenvalue weighted by Crippen LogP contribution is 2.16. The molecule has 0 unspecified atom stereocenters. The van der Waals surface area contributed by atoms with Crippen molar-refractivity contribution in [3.05, 3.63) is 0 Å². The zero-order valence-electron chi connectivity index (χ0n) is 7.43. The first kappa shape index (κ1) is 9.96. The summed E-state index contributed by atoms with van der Waals surface area (Å²) in [5.41, 5.74) is 0. The van der Waals surface area contributed by atoms with Gasteiger partial charge in [0.1, 0.15) is 0 Å². The molecule has 0 fully saturated rings. The largest absolute Gasteiger partial charge is 0.396 e. The molecule has 0 radical (unpaired) electrons. The molecule has 0 aliphatic heterocycles. The maximum absolute atomic E-state index is 8.62. The highest BCUT2D eigenvalue weighted by atomic mass is 16.2. The van der Waals surface area contributed by atoms with Gasteiger partial charge in [0.15, 0.2) is 0 Å². The Labute approximate surface area is 64.5 Å². The van der Waals surface area contributed by atoms with Gasteiger partial charge < -0.3 is 5.11 Å². The molecule has 2 atom stereocenters. The standard InChI is InChI=1S/C9H20O/c1-4-8(2)7-9(3)5-6-10/h8-10H,4-7H2,1-3H3/t8-,9+/m1/s1. The molecule has 0 heterocycles. The summed E-state index contributed by atoms with van der Waals surface area (Å²) in [7, 11) is 0. The van der Waals surface area contributed by atoms with Gasteiger partial charge in [0.2, 0.25) is 0 Å². The van der Waals surface area contributed by atoms with Gasteiger partial charge in [-0.15, -0.1) is 0 Å². The van der Waals surface area contributed by atoms with E-state index >= 15 is 0 Å². The summed E-state index contributed by atoms with van der Waals surface area (Å²) in [6.07, 6.45) is 3.48. The molecule has 0 bridgehead atoms. The van der Waals surface area contributed by atoms with Crippen LogP contribution in [0.5, 0.6) is 0 Å². The minimum Gasteiger partial charge on any atom is -0.396 e. The van der Waals surface area contributed by atoms with Crippen molar-refractivity contribution in [2.24, 2.45) is 11.8 Å². The summed E-state index contributed by atoms with van der Waals surface area (Å²) in [5.74, 6) is 1.52. The monoisotopic (exact) mass is 144 g/mol. The van der Waals surface area contributed by atoms with Gasteiger partial charge in [-0.1, -0.05) is 27.2 Å². The fourth-order valence-corrected chi connectivity index (χ4v) is 1.19. The Hall–Kier alpha value is -0.0400. The molecule has 0 aromatic carbocycles. The van der Waals surface area contributed by atoms with E-state index in [4.69, 9.17) is 5.11 Å². The number of aliphatic hydroxyl groups excluding tert-OH is 1. The number of hydrogen-bond donors (Lipinski definition) is 1. The molecule has 0 saturated carbocycles. The van der Waals surface area contributed by atoms with Crippen LogP contribution in [0.4, 0.5) is 0 Å². The Morgan fingerprint density at radius 3 is 2.20 bits per heavy atom. The van der Waals surface area contributed by atoms with E-state index in [-0.39, 0.29) is 0 Å². The van der Waals surface area contributed by atoms with Crippen LogP contribution in [0, 0.1) is 11.8 Å². The molecule has 0 rings (SSSR count). The van der Waals surface area contributed by atoms with E-state index in [2.05, 4.69) is 20.8 Å². The maximum Gasteiger partial charge on any atom is 0.0433 e. The Balaban J connectivity index is 3.27. The van der Waals surface area contributed by atoms with E-state index in [1.54, 1.807) is 0 Å². The summed E-state index contributed by atoms with van der Waals surface area (Å²) < 4.78 is 0. The third-order valence-corrected chi connectivity index (χ3v) is 2.12. The van der Waals surface area contributed by atoms with E-state index in [1.807, 2.05) is 0 Å². The minimum absolute atomic E-state index is 0.345. The lowest BCUT2D eigenvalue weighted by molar-refractivity contribution is 0.247.